The normalized spacial score (nSPS) is 14.4. The number of rotatable bonds is 4. The minimum Gasteiger partial charge on any atom is -0.450 e. The Morgan fingerprint density at radius 3 is 2.54 bits per heavy atom. The molecule has 0 aliphatic carbocycles. The molecule has 9 heteroatoms. The summed E-state index contributed by atoms with van der Waals surface area (Å²) in [5.74, 6) is 1.38. The van der Waals surface area contributed by atoms with Gasteiger partial charge in [0, 0.05) is 38.8 Å². The molecule has 28 heavy (non-hydrogen) atoms. The van der Waals surface area contributed by atoms with Gasteiger partial charge >= 0.3 is 6.09 Å². The zero-order valence-electron chi connectivity index (χ0n) is 16.1. The summed E-state index contributed by atoms with van der Waals surface area (Å²) in [7, 11) is 1.75. The van der Waals surface area contributed by atoms with Gasteiger partial charge in [0.1, 0.15) is 6.26 Å². The predicted molar refractivity (Wildman–Crippen MR) is 118 cm³/mol. The zero-order valence-corrected chi connectivity index (χ0v) is 18.5. The van der Waals surface area contributed by atoms with Gasteiger partial charge in [0.05, 0.1) is 18.8 Å². The molecule has 1 aliphatic rings. The maximum absolute atomic E-state index is 11.8. The Morgan fingerprint density at radius 2 is 1.89 bits per heavy atom. The molecule has 0 unspecified atom stereocenters. The molecule has 1 aromatic heterocycles. The van der Waals surface area contributed by atoms with Gasteiger partial charge in [0.25, 0.3) is 0 Å². The van der Waals surface area contributed by atoms with Crippen molar-refractivity contribution in [2.24, 2.45) is 4.99 Å². The molecule has 2 heterocycles. The highest BCUT2D eigenvalue weighted by molar-refractivity contribution is 14.0. The van der Waals surface area contributed by atoms with Crippen molar-refractivity contribution in [1.29, 1.82) is 0 Å². The van der Waals surface area contributed by atoms with Crippen LogP contribution in [0.25, 0.3) is 11.5 Å². The molecule has 0 saturated carbocycles. The lowest BCUT2D eigenvalue weighted by Crippen LogP contribution is -2.53. The second-order valence-corrected chi connectivity index (χ2v) is 6.08. The van der Waals surface area contributed by atoms with E-state index in [1.54, 1.807) is 18.2 Å². The molecule has 8 nitrogen and oxygen atoms in total. The number of halogens is 1. The summed E-state index contributed by atoms with van der Waals surface area (Å²) in [6, 6.07) is 9.79. The molecule has 0 atom stereocenters. The molecule has 1 amide bonds. The van der Waals surface area contributed by atoms with E-state index in [0.29, 0.717) is 45.2 Å². The van der Waals surface area contributed by atoms with Crippen LogP contribution in [-0.4, -0.2) is 66.7 Å². The lowest BCUT2D eigenvalue weighted by Gasteiger charge is -2.35. The second kappa shape index (κ2) is 10.9. The number of oxazole rings is 1. The first kappa shape index (κ1) is 22.0. The first-order valence-corrected chi connectivity index (χ1v) is 9.08. The summed E-state index contributed by atoms with van der Waals surface area (Å²) in [5, 5.41) is 3.31. The van der Waals surface area contributed by atoms with Crippen LogP contribution in [0.2, 0.25) is 0 Å². The van der Waals surface area contributed by atoms with Gasteiger partial charge in [-0.1, -0.05) is 18.2 Å². The topological polar surface area (TPSA) is 83.2 Å². The van der Waals surface area contributed by atoms with Gasteiger partial charge in [-0.05, 0) is 19.1 Å². The lowest BCUT2D eigenvalue weighted by molar-refractivity contribution is 0.0914. The highest BCUT2D eigenvalue weighted by Crippen LogP contribution is 2.17. The number of piperazine rings is 1. The number of hydrogen-bond acceptors (Lipinski definition) is 5. The molecular formula is C19H26IN5O3. The van der Waals surface area contributed by atoms with Crippen LogP contribution < -0.4 is 5.32 Å². The Morgan fingerprint density at radius 1 is 1.21 bits per heavy atom. The SMILES string of the molecule is CCOC(=O)N1CCN(C(=NC)NCc2coc(-c3ccccc3)n2)CC1.I. The summed E-state index contributed by atoms with van der Waals surface area (Å²) in [4.78, 5) is 24.5. The van der Waals surface area contributed by atoms with Crippen LogP contribution in [0.15, 0.2) is 46.0 Å². The number of carbonyl (C=O) groups excluding carboxylic acids is 1. The van der Waals surface area contributed by atoms with E-state index < -0.39 is 0 Å². The van der Waals surface area contributed by atoms with Crippen molar-refractivity contribution in [2.75, 3.05) is 39.8 Å². The van der Waals surface area contributed by atoms with Crippen LogP contribution in [0.4, 0.5) is 4.79 Å². The molecule has 1 saturated heterocycles. The number of carbonyl (C=O) groups is 1. The Bertz CT molecular complexity index is 773. The summed E-state index contributed by atoms with van der Waals surface area (Å²) in [5.41, 5.74) is 1.75. The van der Waals surface area contributed by atoms with E-state index in [1.807, 2.05) is 37.3 Å². The number of aliphatic imine (C=N–C) groups is 1. The van der Waals surface area contributed by atoms with Crippen LogP contribution in [0.3, 0.4) is 0 Å². The van der Waals surface area contributed by atoms with E-state index in [-0.39, 0.29) is 30.1 Å². The van der Waals surface area contributed by atoms with Crippen LogP contribution in [0.5, 0.6) is 0 Å². The van der Waals surface area contributed by atoms with E-state index in [1.165, 1.54) is 0 Å². The third-order valence-corrected chi connectivity index (χ3v) is 4.32. The van der Waals surface area contributed by atoms with Crippen LogP contribution >= 0.6 is 24.0 Å². The van der Waals surface area contributed by atoms with Gasteiger partial charge < -0.3 is 24.3 Å². The smallest absolute Gasteiger partial charge is 0.409 e. The van der Waals surface area contributed by atoms with Crippen molar-refractivity contribution in [3.63, 3.8) is 0 Å². The van der Waals surface area contributed by atoms with Gasteiger partial charge in [-0.25, -0.2) is 9.78 Å². The minimum atomic E-state index is -0.254. The van der Waals surface area contributed by atoms with Crippen molar-refractivity contribution >= 4 is 36.0 Å². The number of hydrogen-bond donors (Lipinski definition) is 1. The number of aromatic nitrogens is 1. The number of amides is 1. The van der Waals surface area contributed by atoms with Crippen molar-refractivity contribution in [3.8, 4) is 11.5 Å². The van der Waals surface area contributed by atoms with Crippen molar-refractivity contribution < 1.29 is 13.9 Å². The summed E-state index contributed by atoms with van der Waals surface area (Å²) < 4.78 is 10.6. The Labute approximate surface area is 182 Å². The molecule has 1 aliphatic heterocycles. The molecule has 0 spiro atoms. The van der Waals surface area contributed by atoms with Crippen molar-refractivity contribution in [1.82, 2.24) is 20.1 Å². The van der Waals surface area contributed by atoms with E-state index in [0.717, 1.165) is 17.2 Å². The first-order chi connectivity index (χ1) is 13.2. The fourth-order valence-electron chi connectivity index (χ4n) is 2.92. The molecule has 2 aromatic rings. The average Bonchev–Trinajstić information content (AvgIpc) is 3.19. The lowest BCUT2D eigenvalue weighted by atomic mass is 10.2. The van der Waals surface area contributed by atoms with Gasteiger partial charge in [-0.15, -0.1) is 24.0 Å². The van der Waals surface area contributed by atoms with E-state index in [9.17, 15) is 4.79 Å². The van der Waals surface area contributed by atoms with Crippen LogP contribution in [0, 0.1) is 0 Å². The highest BCUT2D eigenvalue weighted by Gasteiger charge is 2.23. The Kier molecular flexibility index (Phi) is 8.55. The molecule has 1 N–H and O–H groups in total. The number of benzene rings is 1. The first-order valence-electron chi connectivity index (χ1n) is 9.08. The number of nitrogens with one attached hydrogen (secondary N) is 1. The Balaban J connectivity index is 0.00000280. The quantitative estimate of drug-likeness (QED) is 0.396. The molecule has 0 radical (unpaired) electrons. The fourth-order valence-corrected chi connectivity index (χ4v) is 2.92. The molecule has 3 rings (SSSR count). The van der Waals surface area contributed by atoms with Crippen molar-refractivity contribution in [3.05, 3.63) is 42.3 Å². The van der Waals surface area contributed by atoms with Gasteiger partial charge in [-0.3, -0.25) is 4.99 Å². The maximum Gasteiger partial charge on any atom is 0.409 e. The van der Waals surface area contributed by atoms with E-state index in [2.05, 4.69) is 20.2 Å². The fraction of sp³-hybridized carbons (Fsp3) is 0.421. The summed E-state index contributed by atoms with van der Waals surface area (Å²) >= 11 is 0. The third-order valence-electron chi connectivity index (χ3n) is 4.32. The number of guanidine groups is 1. The van der Waals surface area contributed by atoms with Crippen LogP contribution in [-0.2, 0) is 11.3 Å². The van der Waals surface area contributed by atoms with E-state index in [4.69, 9.17) is 9.15 Å². The minimum absolute atomic E-state index is 0. The second-order valence-electron chi connectivity index (χ2n) is 6.08. The highest BCUT2D eigenvalue weighted by atomic mass is 127. The maximum atomic E-state index is 11.8. The van der Waals surface area contributed by atoms with Gasteiger partial charge in [-0.2, -0.15) is 0 Å². The molecule has 0 bridgehead atoms. The van der Waals surface area contributed by atoms with Crippen LogP contribution in [0.1, 0.15) is 12.6 Å². The predicted octanol–water partition coefficient (Wildman–Crippen LogP) is 2.81. The van der Waals surface area contributed by atoms with Gasteiger partial charge in [0.2, 0.25) is 5.89 Å². The molecular weight excluding hydrogens is 473 g/mol. The molecule has 1 aromatic carbocycles. The summed E-state index contributed by atoms with van der Waals surface area (Å²) in [6.07, 6.45) is 1.40. The molecule has 152 valence electrons. The number of nitrogens with zero attached hydrogens (tertiary/aromatic N) is 4. The average molecular weight is 499 g/mol. The summed E-state index contributed by atoms with van der Waals surface area (Å²) in [6.45, 7) is 5.35. The Hall–Kier alpha value is -2.30. The van der Waals surface area contributed by atoms with E-state index >= 15 is 0 Å². The zero-order chi connectivity index (χ0) is 19.1. The number of ether oxygens (including phenoxy) is 1. The third kappa shape index (κ3) is 5.60. The molecule has 1 fully saturated rings. The standard InChI is InChI=1S/C19H25N5O3.HI/c1-3-26-19(25)24-11-9-23(10-12-24)18(20-2)21-13-16-14-27-17(22-16)15-7-5-4-6-8-15;/h4-8,14H,3,9-13H2,1-2H3,(H,20,21);1H. The monoisotopic (exact) mass is 499 g/mol. The van der Waals surface area contributed by atoms with Gasteiger partial charge in [0.15, 0.2) is 5.96 Å². The largest absolute Gasteiger partial charge is 0.450 e. The van der Waals surface area contributed by atoms with Crippen molar-refractivity contribution in [2.45, 2.75) is 13.5 Å².